The molecule has 0 fully saturated rings. The number of phenols is 1. The fraction of sp³-hybridized carbons (Fsp3) is 0.188. The molecule has 124 valence electrons. The number of thiophene rings is 1. The van der Waals surface area contributed by atoms with Gasteiger partial charge in [0.2, 0.25) is 0 Å². The average molecular weight is 346 g/mol. The number of para-hydroxylation sites is 1. The minimum absolute atomic E-state index is 0.0168. The third kappa shape index (κ3) is 3.47. The number of rotatable bonds is 5. The van der Waals surface area contributed by atoms with Crippen molar-refractivity contribution in [3.05, 3.63) is 45.8 Å². The van der Waals surface area contributed by atoms with Crippen molar-refractivity contribution in [2.45, 2.75) is 13.5 Å². The summed E-state index contributed by atoms with van der Waals surface area (Å²) in [4.78, 5) is 24.1. The molecule has 2 rings (SSSR count). The van der Waals surface area contributed by atoms with Gasteiger partial charge in [-0.25, -0.2) is 9.59 Å². The highest BCUT2D eigenvalue weighted by molar-refractivity contribution is 7.18. The van der Waals surface area contributed by atoms with E-state index in [1.54, 1.807) is 19.1 Å². The summed E-state index contributed by atoms with van der Waals surface area (Å²) in [7, 11) is 0. The first-order valence-electron chi connectivity index (χ1n) is 6.93. The van der Waals surface area contributed by atoms with E-state index in [1.165, 1.54) is 12.1 Å². The molecule has 0 aliphatic rings. The van der Waals surface area contributed by atoms with E-state index in [0.717, 1.165) is 11.3 Å². The molecule has 0 bridgehead atoms. The molecular formula is C16H14N2O5S. The van der Waals surface area contributed by atoms with Crippen LogP contribution in [0.4, 0.5) is 5.00 Å². The van der Waals surface area contributed by atoms with E-state index >= 15 is 0 Å². The lowest BCUT2D eigenvalue weighted by Gasteiger charge is -2.07. The standard InChI is InChI=1S/C16H14N2O5S/c1-2-22-16(21)13-11(10(7-17)14(18)24-13)8-23-15(20)9-5-3-4-6-12(9)19/h3-6,19H,2,8,18H2,1H3. The summed E-state index contributed by atoms with van der Waals surface area (Å²) in [6.45, 7) is 1.48. The second-order valence-electron chi connectivity index (χ2n) is 4.57. The summed E-state index contributed by atoms with van der Waals surface area (Å²) in [5.74, 6) is -1.64. The Morgan fingerprint density at radius 2 is 2.00 bits per heavy atom. The third-order valence-electron chi connectivity index (χ3n) is 3.08. The van der Waals surface area contributed by atoms with Crippen LogP contribution in [0.1, 0.15) is 38.1 Å². The molecule has 0 aliphatic heterocycles. The van der Waals surface area contributed by atoms with Crippen molar-refractivity contribution in [1.82, 2.24) is 0 Å². The van der Waals surface area contributed by atoms with Gasteiger partial charge in [-0.3, -0.25) is 0 Å². The molecule has 0 saturated carbocycles. The number of ether oxygens (including phenoxy) is 2. The van der Waals surface area contributed by atoms with Crippen molar-refractivity contribution in [2.75, 3.05) is 12.3 Å². The predicted octanol–water partition coefficient (Wildman–Crippen LogP) is 2.44. The van der Waals surface area contributed by atoms with Crippen molar-refractivity contribution in [1.29, 1.82) is 5.26 Å². The molecule has 1 aromatic carbocycles. The van der Waals surface area contributed by atoms with Gasteiger partial charge in [-0.05, 0) is 19.1 Å². The third-order valence-corrected chi connectivity index (χ3v) is 4.12. The Morgan fingerprint density at radius 1 is 1.29 bits per heavy atom. The van der Waals surface area contributed by atoms with Gasteiger partial charge in [-0.1, -0.05) is 12.1 Å². The maximum absolute atomic E-state index is 12.0. The summed E-state index contributed by atoms with van der Waals surface area (Å²) >= 11 is 0.904. The van der Waals surface area contributed by atoms with E-state index in [2.05, 4.69) is 0 Å². The molecule has 3 N–H and O–H groups in total. The molecule has 0 unspecified atom stereocenters. The number of nitrogens with zero attached hydrogens (tertiary/aromatic N) is 1. The predicted molar refractivity (Wildman–Crippen MR) is 86.6 cm³/mol. The van der Waals surface area contributed by atoms with Crippen LogP contribution in [0.2, 0.25) is 0 Å². The quantitative estimate of drug-likeness (QED) is 0.797. The summed E-state index contributed by atoms with van der Waals surface area (Å²) in [5, 5.41) is 19.0. The molecule has 0 saturated heterocycles. The topological polar surface area (TPSA) is 123 Å². The first-order valence-corrected chi connectivity index (χ1v) is 7.74. The van der Waals surface area contributed by atoms with Crippen LogP contribution < -0.4 is 5.73 Å². The molecule has 0 radical (unpaired) electrons. The molecule has 7 nitrogen and oxygen atoms in total. The van der Waals surface area contributed by atoms with E-state index < -0.39 is 11.9 Å². The number of nitriles is 1. The molecule has 2 aromatic rings. The molecule has 24 heavy (non-hydrogen) atoms. The Hall–Kier alpha value is -3.05. The van der Waals surface area contributed by atoms with Crippen molar-refractivity contribution >= 4 is 28.3 Å². The Bertz CT molecular complexity index is 822. The number of hydrogen-bond acceptors (Lipinski definition) is 8. The van der Waals surface area contributed by atoms with Crippen LogP contribution in [0.25, 0.3) is 0 Å². The summed E-state index contributed by atoms with van der Waals surface area (Å²) in [5.41, 5.74) is 5.99. The Labute approximate surface area is 141 Å². The first kappa shape index (κ1) is 17.3. The lowest BCUT2D eigenvalue weighted by molar-refractivity contribution is 0.0450. The van der Waals surface area contributed by atoms with Crippen LogP contribution in [0.3, 0.4) is 0 Å². The molecule has 0 spiro atoms. The fourth-order valence-corrected chi connectivity index (χ4v) is 2.89. The molecule has 1 aromatic heterocycles. The number of anilines is 1. The van der Waals surface area contributed by atoms with Crippen LogP contribution in [0.15, 0.2) is 24.3 Å². The highest BCUT2D eigenvalue weighted by Gasteiger charge is 2.24. The van der Waals surface area contributed by atoms with Gasteiger partial charge in [0.25, 0.3) is 0 Å². The van der Waals surface area contributed by atoms with Crippen LogP contribution in [-0.4, -0.2) is 23.7 Å². The highest BCUT2D eigenvalue weighted by atomic mass is 32.1. The van der Waals surface area contributed by atoms with Gasteiger partial charge in [0, 0.05) is 5.56 Å². The van der Waals surface area contributed by atoms with Gasteiger partial charge in [0.15, 0.2) is 0 Å². The van der Waals surface area contributed by atoms with E-state index in [1.807, 2.05) is 6.07 Å². The fourth-order valence-electron chi connectivity index (χ4n) is 1.97. The number of carbonyl (C=O) groups is 2. The van der Waals surface area contributed by atoms with Gasteiger partial charge in [-0.15, -0.1) is 11.3 Å². The summed E-state index contributed by atoms with van der Waals surface area (Å²) < 4.78 is 10.0. The summed E-state index contributed by atoms with van der Waals surface area (Å²) in [6, 6.07) is 7.78. The summed E-state index contributed by atoms with van der Waals surface area (Å²) in [6.07, 6.45) is 0. The van der Waals surface area contributed by atoms with Gasteiger partial charge < -0.3 is 20.3 Å². The molecule has 8 heteroatoms. The van der Waals surface area contributed by atoms with Crippen LogP contribution >= 0.6 is 11.3 Å². The second-order valence-corrected chi connectivity index (χ2v) is 5.63. The van der Waals surface area contributed by atoms with E-state index in [-0.39, 0.29) is 45.5 Å². The van der Waals surface area contributed by atoms with E-state index in [0.29, 0.717) is 0 Å². The highest BCUT2D eigenvalue weighted by Crippen LogP contribution is 2.32. The Balaban J connectivity index is 2.26. The lowest BCUT2D eigenvalue weighted by Crippen LogP contribution is -2.10. The minimum atomic E-state index is -0.781. The molecule has 0 amide bonds. The maximum atomic E-state index is 12.0. The van der Waals surface area contributed by atoms with Gasteiger partial charge in [0.05, 0.1) is 12.2 Å². The number of nitrogens with two attached hydrogens (primary N) is 1. The monoisotopic (exact) mass is 346 g/mol. The number of carbonyl (C=O) groups excluding carboxylic acids is 2. The maximum Gasteiger partial charge on any atom is 0.348 e. The minimum Gasteiger partial charge on any atom is -0.507 e. The van der Waals surface area contributed by atoms with Gasteiger partial charge in [-0.2, -0.15) is 5.26 Å². The Kier molecular flexibility index (Phi) is 5.39. The lowest BCUT2D eigenvalue weighted by atomic mass is 10.1. The number of hydrogen-bond donors (Lipinski definition) is 2. The molecular weight excluding hydrogens is 332 g/mol. The number of phenolic OH excluding ortho intramolecular Hbond substituents is 1. The van der Waals surface area contributed by atoms with E-state index in [4.69, 9.17) is 15.2 Å². The number of esters is 2. The smallest absolute Gasteiger partial charge is 0.348 e. The van der Waals surface area contributed by atoms with Crippen molar-refractivity contribution in [3.8, 4) is 11.8 Å². The van der Waals surface area contributed by atoms with Crippen molar-refractivity contribution in [2.24, 2.45) is 0 Å². The van der Waals surface area contributed by atoms with Crippen LogP contribution in [0, 0.1) is 11.3 Å². The van der Waals surface area contributed by atoms with Crippen LogP contribution in [-0.2, 0) is 16.1 Å². The zero-order valence-corrected chi connectivity index (χ0v) is 13.6. The second kappa shape index (κ2) is 7.48. The average Bonchev–Trinajstić information content (AvgIpc) is 2.89. The zero-order valence-electron chi connectivity index (χ0n) is 12.7. The number of aromatic hydroxyl groups is 1. The largest absolute Gasteiger partial charge is 0.507 e. The molecule has 0 atom stereocenters. The first-order chi connectivity index (χ1) is 11.5. The van der Waals surface area contributed by atoms with Crippen molar-refractivity contribution < 1.29 is 24.2 Å². The number of nitrogen functional groups attached to an aromatic ring is 1. The Morgan fingerprint density at radius 3 is 2.62 bits per heavy atom. The number of benzene rings is 1. The molecule has 1 heterocycles. The van der Waals surface area contributed by atoms with Crippen molar-refractivity contribution in [3.63, 3.8) is 0 Å². The SMILES string of the molecule is CCOC(=O)c1sc(N)c(C#N)c1COC(=O)c1ccccc1O. The molecule has 0 aliphatic carbocycles. The van der Waals surface area contributed by atoms with Gasteiger partial charge in [0.1, 0.15) is 33.9 Å². The van der Waals surface area contributed by atoms with Gasteiger partial charge >= 0.3 is 11.9 Å². The normalized spacial score (nSPS) is 10.0. The van der Waals surface area contributed by atoms with Crippen LogP contribution in [0.5, 0.6) is 5.75 Å². The zero-order chi connectivity index (χ0) is 17.7. The van der Waals surface area contributed by atoms with E-state index in [9.17, 15) is 20.0 Å².